The number of nitrogens with one attached hydrogen (secondary N) is 1. The Bertz CT molecular complexity index is 508. The number of allylic oxidation sites excluding steroid dienone is 7. The number of carbonyl (C=O) groups excluding carboxylic acids is 1. The molecular formula is C21H34N2O. The quantitative estimate of drug-likeness (QED) is 0.401. The zero-order valence-corrected chi connectivity index (χ0v) is 15.9. The lowest BCUT2D eigenvalue weighted by Gasteiger charge is -2.10. The Labute approximate surface area is 148 Å². The Morgan fingerprint density at radius 1 is 1.25 bits per heavy atom. The van der Waals surface area contributed by atoms with E-state index < -0.39 is 0 Å². The zero-order valence-electron chi connectivity index (χ0n) is 15.9. The van der Waals surface area contributed by atoms with Gasteiger partial charge in [-0.25, -0.2) is 0 Å². The summed E-state index contributed by atoms with van der Waals surface area (Å²) >= 11 is 0. The molecule has 0 saturated carbocycles. The molecule has 3 nitrogen and oxygen atoms in total. The molecule has 0 aliphatic heterocycles. The topological polar surface area (TPSA) is 55.1 Å². The number of hydrogen-bond donors (Lipinski definition) is 2. The lowest BCUT2D eigenvalue weighted by atomic mass is 10.1. The summed E-state index contributed by atoms with van der Waals surface area (Å²) in [5.74, 6) is -0.0379. The predicted molar refractivity (Wildman–Crippen MR) is 107 cm³/mol. The molecule has 1 unspecified atom stereocenters. The van der Waals surface area contributed by atoms with Gasteiger partial charge >= 0.3 is 0 Å². The van der Waals surface area contributed by atoms with Crippen molar-refractivity contribution in [3.63, 3.8) is 0 Å². The molecule has 1 aliphatic rings. The Morgan fingerprint density at radius 3 is 2.42 bits per heavy atom. The van der Waals surface area contributed by atoms with Gasteiger partial charge in [-0.3, -0.25) is 4.79 Å². The molecule has 1 amide bonds. The number of carbonyl (C=O) groups is 1. The third-order valence-electron chi connectivity index (χ3n) is 2.89. The molecule has 134 valence electrons. The number of unbranched alkanes of at least 4 members (excludes halogenated alkanes) is 1. The van der Waals surface area contributed by atoms with Crippen molar-refractivity contribution in [1.82, 2.24) is 5.32 Å². The SMILES string of the molecule is C=CCC/C=C(\C=C)NC(=O)C1=CC(C)C=CC=C1N.CC.CC. The molecule has 0 aromatic heterocycles. The maximum absolute atomic E-state index is 12.3. The highest BCUT2D eigenvalue weighted by atomic mass is 16.1. The third-order valence-corrected chi connectivity index (χ3v) is 2.89. The summed E-state index contributed by atoms with van der Waals surface area (Å²) in [7, 11) is 0. The van der Waals surface area contributed by atoms with E-state index in [1.807, 2.05) is 65.0 Å². The van der Waals surface area contributed by atoms with Crippen molar-refractivity contribution in [3.8, 4) is 0 Å². The molecule has 1 aliphatic carbocycles. The van der Waals surface area contributed by atoms with E-state index in [0.717, 1.165) is 12.8 Å². The van der Waals surface area contributed by atoms with Gasteiger partial charge in [-0.2, -0.15) is 0 Å². The molecule has 0 aromatic rings. The molecule has 1 atom stereocenters. The van der Waals surface area contributed by atoms with Gasteiger partial charge in [0.05, 0.1) is 5.57 Å². The number of nitrogens with two attached hydrogens (primary N) is 1. The standard InChI is InChI=1S/C17H22N2O.2C2H6/c1-4-6-7-10-14(5-2)19-17(20)15-12-13(3)9-8-11-16(15)18;2*1-2/h4-5,8-13H,1-2,6-7,18H2,3H3,(H,19,20);2*1-2H3/b14-10+;;. The number of amides is 1. The van der Waals surface area contributed by atoms with Crippen LogP contribution in [0, 0.1) is 5.92 Å². The zero-order chi connectivity index (χ0) is 19.0. The van der Waals surface area contributed by atoms with E-state index in [9.17, 15) is 4.79 Å². The molecule has 3 heteroatoms. The van der Waals surface area contributed by atoms with E-state index in [1.165, 1.54) is 0 Å². The average Bonchev–Trinajstić information content (AvgIpc) is 2.78. The van der Waals surface area contributed by atoms with Crippen LogP contribution >= 0.6 is 0 Å². The largest absolute Gasteiger partial charge is 0.398 e. The lowest BCUT2D eigenvalue weighted by molar-refractivity contribution is -0.116. The predicted octanol–water partition coefficient (Wildman–Crippen LogP) is 5.17. The van der Waals surface area contributed by atoms with E-state index >= 15 is 0 Å². The maximum atomic E-state index is 12.3. The number of rotatable bonds is 6. The fourth-order valence-corrected chi connectivity index (χ4v) is 1.79. The second-order valence-electron chi connectivity index (χ2n) is 4.63. The van der Waals surface area contributed by atoms with Crippen molar-refractivity contribution >= 4 is 5.91 Å². The van der Waals surface area contributed by atoms with Crippen LogP contribution in [0.2, 0.25) is 0 Å². The molecule has 0 aromatic carbocycles. The van der Waals surface area contributed by atoms with Crippen molar-refractivity contribution < 1.29 is 4.79 Å². The molecule has 0 spiro atoms. The summed E-state index contributed by atoms with van der Waals surface area (Å²) in [5, 5.41) is 2.83. The molecule has 0 heterocycles. The molecule has 0 saturated heterocycles. The van der Waals surface area contributed by atoms with Gasteiger partial charge in [-0.1, -0.05) is 71.6 Å². The van der Waals surface area contributed by atoms with Gasteiger partial charge in [0.15, 0.2) is 0 Å². The van der Waals surface area contributed by atoms with Crippen LogP contribution in [0.25, 0.3) is 0 Å². The fourth-order valence-electron chi connectivity index (χ4n) is 1.79. The Balaban J connectivity index is 0. The first-order valence-corrected chi connectivity index (χ1v) is 8.69. The summed E-state index contributed by atoms with van der Waals surface area (Å²) in [6.07, 6.45) is 14.5. The minimum atomic E-state index is -0.209. The Morgan fingerprint density at radius 2 is 1.88 bits per heavy atom. The van der Waals surface area contributed by atoms with Gasteiger partial charge in [0.2, 0.25) is 0 Å². The Kier molecular flexibility index (Phi) is 15.6. The molecule has 1 rings (SSSR count). The number of hydrogen-bond acceptors (Lipinski definition) is 2. The van der Waals surface area contributed by atoms with Crippen LogP contribution in [0.3, 0.4) is 0 Å². The first-order valence-electron chi connectivity index (χ1n) is 8.69. The van der Waals surface area contributed by atoms with E-state index in [1.54, 1.807) is 12.2 Å². The summed E-state index contributed by atoms with van der Waals surface area (Å²) in [6.45, 7) is 17.4. The van der Waals surface area contributed by atoms with Crippen molar-refractivity contribution in [2.75, 3.05) is 0 Å². The summed E-state index contributed by atoms with van der Waals surface area (Å²) in [6, 6.07) is 0. The van der Waals surface area contributed by atoms with Crippen LogP contribution in [0.1, 0.15) is 47.5 Å². The van der Waals surface area contributed by atoms with E-state index in [-0.39, 0.29) is 11.8 Å². The summed E-state index contributed by atoms with van der Waals surface area (Å²) in [5.41, 5.74) is 7.56. The van der Waals surface area contributed by atoms with Crippen LogP contribution in [0.15, 0.2) is 72.7 Å². The smallest absolute Gasteiger partial charge is 0.257 e. The molecule has 0 fully saturated rings. The molecule has 0 radical (unpaired) electrons. The second kappa shape index (κ2) is 15.6. The highest BCUT2D eigenvalue weighted by Crippen LogP contribution is 2.15. The highest BCUT2D eigenvalue weighted by molar-refractivity contribution is 5.99. The molecule has 0 bridgehead atoms. The Hall–Kier alpha value is -2.29. The van der Waals surface area contributed by atoms with E-state index in [2.05, 4.69) is 18.5 Å². The second-order valence-corrected chi connectivity index (χ2v) is 4.63. The van der Waals surface area contributed by atoms with Gasteiger partial charge in [0, 0.05) is 11.4 Å². The van der Waals surface area contributed by atoms with Crippen LogP contribution in [-0.4, -0.2) is 5.91 Å². The molecule has 3 N–H and O–H groups in total. The molecule has 24 heavy (non-hydrogen) atoms. The van der Waals surface area contributed by atoms with E-state index in [4.69, 9.17) is 5.73 Å². The lowest BCUT2D eigenvalue weighted by Crippen LogP contribution is -2.26. The fraction of sp³-hybridized carbons (Fsp3) is 0.381. The maximum Gasteiger partial charge on any atom is 0.257 e. The van der Waals surface area contributed by atoms with Gasteiger partial charge in [0.1, 0.15) is 0 Å². The minimum absolute atomic E-state index is 0.171. The molecular weight excluding hydrogens is 296 g/mol. The summed E-state index contributed by atoms with van der Waals surface area (Å²) < 4.78 is 0. The van der Waals surface area contributed by atoms with E-state index in [0.29, 0.717) is 17.0 Å². The normalized spacial score (nSPS) is 16.0. The third kappa shape index (κ3) is 9.67. The monoisotopic (exact) mass is 330 g/mol. The van der Waals surface area contributed by atoms with Crippen molar-refractivity contribution in [2.24, 2.45) is 11.7 Å². The first-order chi connectivity index (χ1) is 11.6. The van der Waals surface area contributed by atoms with Crippen LogP contribution in [0.4, 0.5) is 0 Å². The minimum Gasteiger partial charge on any atom is -0.398 e. The van der Waals surface area contributed by atoms with Crippen molar-refractivity contribution in [2.45, 2.75) is 47.5 Å². The first kappa shape index (κ1) is 24.0. The van der Waals surface area contributed by atoms with Gasteiger partial charge in [0.25, 0.3) is 5.91 Å². The van der Waals surface area contributed by atoms with Crippen LogP contribution < -0.4 is 11.1 Å². The highest BCUT2D eigenvalue weighted by Gasteiger charge is 2.14. The van der Waals surface area contributed by atoms with Gasteiger partial charge in [-0.15, -0.1) is 6.58 Å². The van der Waals surface area contributed by atoms with Crippen LogP contribution in [0.5, 0.6) is 0 Å². The van der Waals surface area contributed by atoms with Gasteiger partial charge in [-0.05, 0) is 30.9 Å². The summed E-state index contributed by atoms with van der Waals surface area (Å²) in [4.78, 5) is 12.3. The van der Waals surface area contributed by atoms with Crippen molar-refractivity contribution in [3.05, 3.63) is 72.7 Å². The average molecular weight is 331 g/mol. The van der Waals surface area contributed by atoms with Crippen LogP contribution in [-0.2, 0) is 4.79 Å². The van der Waals surface area contributed by atoms with Gasteiger partial charge < -0.3 is 11.1 Å². The van der Waals surface area contributed by atoms with Crippen molar-refractivity contribution in [1.29, 1.82) is 0 Å².